The summed E-state index contributed by atoms with van der Waals surface area (Å²) in [6.45, 7) is 1.93. The van der Waals surface area contributed by atoms with Crippen LogP contribution in [0.1, 0.15) is 19.8 Å². The van der Waals surface area contributed by atoms with Crippen LogP contribution in [0.3, 0.4) is 0 Å². The van der Waals surface area contributed by atoms with E-state index in [0.717, 1.165) is 4.90 Å². The van der Waals surface area contributed by atoms with E-state index in [1.165, 1.54) is 0 Å². The van der Waals surface area contributed by atoms with Crippen molar-refractivity contribution in [3.8, 4) is 0 Å². The van der Waals surface area contributed by atoms with Crippen molar-refractivity contribution in [3.63, 3.8) is 0 Å². The first-order valence-corrected chi connectivity index (χ1v) is 7.84. The van der Waals surface area contributed by atoms with Crippen molar-refractivity contribution in [2.24, 2.45) is 0 Å². The molecule has 0 bridgehead atoms. The second-order valence-electron chi connectivity index (χ2n) is 3.25. The Kier molecular flexibility index (Phi) is 15.7. The molecule has 0 unspecified atom stereocenters. The van der Waals surface area contributed by atoms with E-state index in [9.17, 15) is 28.7 Å². The van der Waals surface area contributed by atoms with Gasteiger partial charge in [-0.2, -0.15) is 0 Å². The van der Waals surface area contributed by atoms with Crippen molar-refractivity contribution < 1.29 is 87.8 Å². The van der Waals surface area contributed by atoms with Gasteiger partial charge in [-0.15, -0.1) is 0 Å². The van der Waals surface area contributed by atoms with Gasteiger partial charge < -0.3 is 28.7 Å². The van der Waals surface area contributed by atoms with Gasteiger partial charge in [0.2, 0.25) is 0 Å². The maximum atomic E-state index is 10.4. The van der Waals surface area contributed by atoms with Gasteiger partial charge in [0.1, 0.15) is 0 Å². The van der Waals surface area contributed by atoms with E-state index in [-0.39, 0.29) is 65.7 Å². The SMILES string of the molecule is CCCCN(CP(=O)([O-])[O-])CP(=O)([O-])[O-].[Na+].[Na+]. The second-order valence-corrected chi connectivity index (χ2v) is 6.26. The molecule has 0 fully saturated rings. The summed E-state index contributed by atoms with van der Waals surface area (Å²) in [5.41, 5.74) is 0. The molecule has 0 atom stereocenters. The van der Waals surface area contributed by atoms with Gasteiger partial charge in [0.25, 0.3) is 0 Å². The Labute approximate surface area is 145 Å². The molecule has 11 heteroatoms. The van der Waals surface area contributed by atoms with Crippen molar-refractivity contribution in [1.29, 1.82) is 0 Å². The molecule has 7 nitrogen and oxygen atoms in total. The van der Waals surface area contributed by atoms with Crippen molar-refractivity contribution in [2.45, 2.75) is 19.8 Å². The van der Waals surface area contributed by atoms with E-state index in [1.54, 1.807) is 0 Å². The van der Waals surface area contributed by atoms with Gasteiger partial charge in [-0.3, -0.25) is 4.90 Å². The van der Waals surface area contributed by atoms with Crippen LogP contribution in [0.2, 0.25) is 0 Å². The number of nitrogens with zero attached hydrogens (tertiary/aromatic N) is 1. The zero-order chi connectivity index (χ0) is 12.1. The maximum Gasteiger partial charge on any atom is 1.00 e. The first-order valence-electron chi connectivity index (χ1n) is 4.38. The molecule has 0 aromatic heterocycles. The van der Waals surface area contributed by atoms with Crippen molar-refractivity contribution in [1.82, 2.24) is 4.90 Å². The first-order chi connectivity index (χ1) is 6.64. The van der Waals surface area contributed by atoms with Crippen molar-refractivity contribution in [2.75, 3.05) is 19.1 Å². The molecule has 0 saturated heterocycles. The predicted octanol–water partition coefficient (Wildman–Crippen LogP) is -8.16. The average molecular weight is 303 g/mol. The average Bonchev–Trinajstić information content (AvgIpc) is 1.94. The number of hydrogen-bond donors (Lipinski definition) is 0. The molecule has 0 radical (unpaired) electrons. The van der Waals surface area contributed by atoms with Gasteiger partial charge in [0.15, 0.2) is 0 Å². The van der Waals surface area contributed by atoms with Crippen LogP contribution in [0.25, 0.3) is 0 Å². The monoisotopic (exact) mass is 303 g/mol. The molecule has 0 aromatic carbocycles. The summed E-state index contributed by atoms with van der Waals surface area (Å²) in [6.07, 6.45) is -0.594. The van der Waals surface area contributed by atoms with Gasteiger partial charge in [0, 0.05) is 12.6 Å². The smallest absolute Gasteiger partial charge is 0.810 e. The van der Waals surface area contributed by atoms with Crippen LogP contribution in [-0.2, 0) is 9.13 Å². The van der Waals surface area contributed by atoms with E-state index >= 15 is 0 Å². The zero-order valence-electron chi connectivity index (χ0n) is 10.3. The second kappa shape index (κ2) is 11.0. The molecule has 92 valence electrons. The Balaban J connectivity index is -0.000000980. The van der Waals surface area contributed by atoms with Gasteiger partial charge >= 0.3 is 59.1 Å². The van der Waals surface area contributed by atoms with Crippen molar-refractivity contribution in [3.05, 3.63) is 0 Å². The standard InChI is InChI=1S/C6H17NO6P2.2Na/c1-2-3-4-7(5-14(8,9)10)6-15(11,12)13;;/h2-6H2,1H3,(H2,8,9,10)(H2,11,12,13);;/q;2*+1/p-4. The topological polar surface area (TPSA) is 130 Å². The van der Waals surface area contributed by atoms with Crippen LogP contribution >= 0.6 is 15.2 Å². The number of unbranched alkanes of at least 4 members (excludes halogenated alkanes) is 1. The molecular weight excluding hydrogens is 290 g/mol. The summed E-state index contributed by atoms with van der Waals surface area (Å²) in [6, 6.07) is 0. The minimum Gasteiger partial charge on any atom is -0.810 e. The number of hydrogen-bond acceptors (Lipinski definition) is 7. The van der Waals surface area contributed by atoms with Crippen LogP contribution in [0, 0.1) is 0 Å². The summed E-state index contributed by atoms with van der Waals surface area (Å²) in [4.78, 5) is 42.6. The van der Waals surface area contributed by atoms with E-state index in [1.807, 2.05) is 6.92 Å². The predicted molar refractivity (Wildman–Crippen MR) is 46.6 cm³/mol. The molecule has 0 saturated carbocycles. The Hall–Kier alpha value is 2.26. The third-order valence-electron chi connectivity index (χ3n) is 1.57. The van der Waals surface area contributed by atoms with Crippen molar-refractivity contribution >= 4 is 15.2 Å². The minimum absolute atomic E-state index is 0. The minimum atomic E-state index is -4.82. The fourth-order valence-electron chi connectivity index (χ4n) is 1.06. The third-order valence-corrected chi connectivity index (χ3v) is 3.07. The Morgan fingerprint density at radius 2 is 1.29 bits per heavy atom. The van der Waals surface area contributed by atoms with Crippen LogP contribution in [0.4, 0.5) is 0 Å². The molecule has 0 aliphatic carbocycles. The fourth-order valence-corrected chi connectivity index (χ4v) is 2.68. The van der Waals surface area contributed by atoms with E-state index in [2.05, 4.69) is 0 Å². The van der Waals surface area contributed by atoms with E-state index in [4.69, 9.17) is 0 Å². The Morgan fingerprint density at radius 1 is 0.941 bits per heavy atom. The molecule has 0 amide bonds. The molecule has 0 rings (SSSR count). The summed E-state index contributed by atoms with van der Waals surface area (Å²) in [5, 5.41) is 0. The molecule has 0 aliphatic heterocycles. The molecule has 0 aromatic rings. The van der Waals surface area contributed by atoms with Gasteiger partial charge in [-0.05, 0) is 13.0 Å². The maximum absolute atomic E-state index is 10.4. The summed E-state index contributed by atoms with van der Waals surface area (Å²) < 4.78 is 20.9. The van der Waals surface area contributed by atoms with Crippen LogP contribution in [0.5, 0.6) is 0 Å². The van der Waals surface area contributed by atoms with Gasteiger partial charge in [-0.1, -0.05) is 28.5 Å². The molecule has 0 spiro atoms. The van der Waals surface area contributed by atoms with E-state index in [0.29, 0.717) is 12.8 Å². The fraction of sp³-hybridized carbons (Fsp3) is 1.00. The molecule has 0 aliphatic rings. The van der Waals surface area contributed by atoms with Gasteiger partial charge in [0.05, 0.1) is 0 Å². The van der Waals surface area contributed by atoms with Crippen LogP contribution in [-0.4, -0.2) is 24.0 Å². The molecule has 17 heavy (non-hydrogen) atoms. The normalized spacial score (nSPS) is 11.9. The number of rotatable bonds is 7. The van der Waals surface area contributed by atoms with E-state index < -0.39 is 27.8 Å². The molecule has 0 N–H and O–H groups in total. The Morgan fingerprint density at radius 3 is 1.53 bits per heavy atom. The summed E-state index contributed by atoms with van der Waals surface area (Å²) in [5.74, 6) is 0. The van der Waals surface area contributed by atoms with Crippen LogP contribution in [0.15, 0.2) is 0 Å². The quantitative estimate of drug-likeness (QED) is 0.337. The third kappa shape index (κ3) is 18.3. The summed E-state index contributed by atoms with van der Waals surface area (Å²) in [7, 11) is -9.64. The largest absolute Gasteiger partial charge is 1.00 e. The molecular formula is C6H13NNa2O6P2-2. The van der Waals surface area contributed by atoms with Crippen LogP contribution < -0.4 is 78.7 Å². The van der Waals surface area contributed by atoms with Gasteiger partial charge in [-0.25, -0.2) is 0 Å². The molecule has 0 heterocycles. The zero-order valence-corrected chi connectivity index (χ0v) is 16.1. The Bertz CT molecular complexity index is 256. The first kappa shape index (κ1) is 24.3. The summed E-state index contributed by atoms with van der Waals surface area (Å²) >= 11 is 0.